The lowest BCUT2D eigenvalue weighted by Crippen LogP contribution is -2.47. The van der Waals surface area contributed by atoms with Crippen LogP contribution in [-0.2, 0) is 4.79 Å². The number of hydrogen-bond acceptors (Lipinski definition) is 2. The molecule has 0 aromatic heterocycles. The maximum atomic E-state index is 12.1. The van der Waals surface area contributed by atoms with Crippen LogP contribution in [-0.4, -0.2) is 17.9 Å². The van der Waals surface area contributed by atoms with E-state index in [0.29, 0.717) is 17.7 Å². The molecule has 0 aromatic rings. The van der Waals surface area contributed by atoms with Crippen LogP contribution in [0.2, 0.25) is 0 Å². The fraction of sp³-hybridized carbons (Fsp3) is 0.923. The zero-order valence-electron chi connectivity index (χ0n) is 10.5. The van der Waals surface area contributed by atoms with Crippen LogP contribution < -0.4 is 5.32 Å². The van der Waals surface area contributed by atoms with Gasteiger partial charge in [0.15, 0.2) is 5.78 Å². The Balaban J connectivity index is 2.63. The molecule has 2 nitrogen and oxygen atoms in total. The number of rotatable bonds is 5. The monoisotopic (exact) mass is 211 g/mol. The zero-order valence-corrected chi connectivity index (χ0v) is 10.5. The van der Waals surface area contributed by atoms with E-state index in [1.165, 1.54) is 25.7 Å². The Morgan fingerprint density at radius 1 is 1.13 bits per heavy atom. The minimum atomic E-state index is 0.104. The van der Waals surface area contributed by atoms with Gasteiger partial charge in [0.1, 0.15) is 0 Å². The Morgan fingerprint density at radius 2 is 1.67 bits per heavy atom. The highest BCUT2D eigenvalue weighted by Gasteiger charge is 2.31. The van der Waals surface area contributed by atoms with Gasteiger partial charge in [-0.05, 0) is 18.8 Å². The minimum Gasteiger partial charge on any atom is -0.305 e. The lowest BCUT2D eigenvalue weighted by Gasteiger charge is -2.27. The van der Waals surface area contributed by atoms with E-state index in [1.807, 2.05) is 13.8 Å². The summed E-state index contributed by atoms with van der Waals surface area (Å²) in [6.07, 6.45) is 5.05. The second-order valence-corrected chi connectivity index (χ2v) is 5.40. The molecule has 0 amide bonds. The van der Waals surface area contributed by atoms with Crippen LogP contribution in [0.1, 0.15) is 53.4 Å². The Bertz CT molecular complexity index is 205. The fourth-order valence-corrected chi connectivity index (χ4v) is 2.46. The van der Waals surface area contributed by atoms with E-state index in [-0.39, 0.29) is 12.0 Å². The van der Waals surface area contributed by atoms with Crippen molar-refractivity contribution in [3.63, 3.8) is 0 Å². The van der Waals surface area contributed by atoms with Gasteiger partial charge in [-0.2, -0.15) is 0 Å². The van der Waals surface area contributed by atoms with Crippen LogP contribution in [0.4, 0.5) is 0 Å². The van der Waals surface area contributed by atoms with Crippen molar-refractivity contribution in [3.8, 4) is 0 Å². The first-order chi connectivity index (χ1) is 7.02. The molecule has 1 aliphatic carbocycles. The maximum absolute atomic E-state index is 12.1. The number of nitrogens with one attached hydrogen (secondary N) is 1. The molecule has 0 radical (unpaired) electrons. The smallest absolute Gasteiger partial charge is 0.152 e. The molecule has 2 heteroatoms. The largest absolute Gasteiger partial charge is 0.305 e. The number of ketones is 1. The molecular formula is C13H25NO. The molecule has 0 saturated heterocycles. The van der Waals surface area contributed by atoms with E-state index in [1.54, 1.807) is 0 Å². The van der Waals surface area contributed by atoms with Crippen molar-refractivity contribution in [3.05, 3.63) is 0 Å². The van der Waals surface area contributed by atoms with Crippen LogP contribution >= 0.6 is 0 Å². The molecule has 0 bridgehead atoms. The molecule has 1 aliphatic rings. The standard InChI is InChI=1S/C13H25NO/c1-9(2)13(15)12(14-10(3)4)11-7-5-6-8-11/h9-12,14H,5-8H2,1-4H3/t12-/m0/s1. The molecule has 1 N–H and O–H groups in total. The molecule has 0 spiro atoms. The van der Waals surface area contributed by atoms with Crippen LogP contribution in [0.25, 0.3) is 0 Å². The Kier molecular flexibility index (Phi) is 4.78. The number of Topliss-reactive ketones (excluding diaryl/α,β-unsaturated/α-hetero) is 1. The normalized spacial score (nSPS) is 20.1. The third kappa shape index (κ3) is 3.60. The Hall–Kier alpha value is -0.370. The van der Waals surface area contributed by atoms with Gasteiger partial charge >= 0.3 is 0 Å². The number of carbonyl (C=O) groups excluding carboxylic acids is 1. The first-order valence-corrected chi connectivity index (χ1v) is 6.32. The number of carbonyl (C=O) groups is 1. The van der Waals surface area contributed by atoms with Crippen LogP contribution in [0.15, 0.2) is 0 Å². The summed E-state index contributed by atoms with van der Waals surface area (Å²) in [7, 11) is 0. The van der Waals surface area contributed by atoms with Gasteiger partial charge in [-0.15, -0.1) is 0 Å². The SMILES string of the molecule is CC(C)N[C@H](C(=O)C(C)C)C1CCCC1. The molecule has 88 valence electrons. The van der Waals surface area contributed by atoms with Gasteiger partial charge in [0.05, 0.1) is 6.04 Å². The lowest BCUT2D eigenvalue weighted by atomic mass is 9.89. The van der Waals surface area contributed by atoms with Crippen molar-refractivity contribution in [1.82, 2.24) is 5.32 Å². The molecule has 0 unspecified atom stereocenters. The Labute approximate surface area is 93.8 Å². The highest BCUT2D eigenvalue weighted by Crippen LogP contribution is 2.29. The lowest BCUT2D eigenvalue weighted by molar-refractivity contribution is -0.125. The van der Waals surface area contributed by atoms with E-state index >= 15 is 0 Å². The van der Waals surface area contributed by atoms with E-state index in [9.17, 15) is 4.79 Å². The van der Waals surface area contributed by atoms with Gasteiger partial charge in [-0.25, -0.2) is 0 Å². The van der Waals surface area contributed by atoms with Gasteiger partial charge in [0, 0.05) is 12.0 Å². The maximum Gasteiger partial charge on any atom is 0.152 e. The van der Waals surface area contributed by atoms with Gasteiger partial charge in [-0.1, -0.05) is 40.5 Å². The predicted molar refractivity (Wildman–Crippen MR) is 63.9 cm³/mol. The predicted octanol–water partition coefficient (Wildman–Crippen LogP) is 2.77. The zero-order chi connectivity index (χ0) is 11.4. The van der Waals surface area contributed by atoms with Crippen molar-refractivity contribution in [2.24, 2.45) is 11.8 Å². The molecular weight excluding hydrogens is 186 g/mol. The van der Waals surface area contributed by atoms with Gasteiger partial charge < -0.3 is 5.32 Å². The first kappa shape index (κ1) is 12.7. The highest BCUT2D eigenvalue weighted by atomic mass is 16.1. The molecule has 0 heterocycles. The van der Waals surface area contributed by atoms with Gasteiger partial charge in [0.2, 0.25) is 0 Å². The van der Waals surface area contributed by atoms with Crippen LogP contribution in [0.3, 0.4) is 0 Å². The number of hydrogen-bond donors (Lipinski definition) is 1. The minimum absolute atomic E-state index is 0.104. The summed E-state index contributed by atoms with van der Waals surface area (Å²) in [4.78, 5) is 12.1. The van der Waals surface area contributed by atoms with Crippen molar-refractivity contribution in [1.29, 1.82) is 0 Å². The van der Waals surface area contributed by atoms with Crippen molar-refractivity contribution in [2.75, 3.05) is 0 Å². The Morgan fingerprint density at radius 3 is 2.07 bits per heavy atom. The average molecular weight is 211 g/mol. The van der Waals surface area contributed by atoms with E-state index in [4.69, 9.17) is 0 Å². The van der Waals surface area contributed by atoms with E-state index in [0.717, 1.165) is 0 Å². The average Bonchev–Trinajstić information content (AvgIpc) is 2.65. The first-order valence-electron chi connectivity index (χ1n) is 6.32. The van der Waals surface area contributed by atoms with Crippen molar-refractivity contribution in [2.45, 2.75) is 65.5 Å². The second-order valence-electron chi connectivity index (χ2n) is 5.40. The molecule has 1 saturated carbocycles. The second kappa shape index (κ2) is 5.64. The highest BCUT2D eigenvalue weighted by molar-refractivity contribution is 5.86. The quantitative estimate of drug-likeness (QED) is 0.757. The molecule has 0 aromatic carbocycles. The van der Waals surface area contributed by atoms with Gasteiger partial charge in [0.25, 0.3) is 0 Å². The molecule has 15 heavy (non-hydrogen) atoms. The molecule has 1 fully saturated rings. The fourth-order valence-electron chi connectivity index (χ4n) is 2.46. The summed E-state index contributed by atoms with van der Waals surface area (Å²) in [6, 6.07) is 0.505. The summed E-state index contributed by atoms with van der Waals surface area (Å²) in [5, 5.41) is 3.45. The topological polar surface area (TPSA) is 29.1 Å². The van der Waals surface area contributed by atoms with Crippen molar-refractivity contribution >= 4 is 5.78 Å². The molecule has 0 aliphatic heterocycles. The summed E-state index contributed by atoms with van der Waals surface area (Å²) >= 11 is 0. The van der Waals surface area contributed by atoms with Crippen LogP contribution in [0, 0.1) is 11.8 Å². The van der Waals surface area contributed by atoms with Crippen molar-refractivity contribution < 1.29 is 4.79 Å². The van der Waals surface area contributed by atoms with Gasteiger partial charge in [-0.3, -0.25) is 4.79 Å². The van der Waals surface area contributed by atoms with E-state index in [2.05, 4.69) is 19.2 Å². The summed E-state index contributed by atoms with van der Waals surface area (Å²) in [5.74, 6) is 1.14. The van der Waals surface area contributed by atoms with Crippen LogP contribution in [0.5, 0.6) is 0 Å². The molecule has 1 rings (SSSR count). The third-order valence-electron chi connectivity index (χ3n) is 3.26. The third-order valence-corrected chi connectivity index (χ3v) is 3.26. The van der Waals surface area contributed by atoms with E-state index < -0.39 is 0 Å². The summed E-state index contributed by atoms with van der Waals surface area (Å²) in [5.41, 5.74) is 0. The summed E-state index contributed by atoms with van der Waals surface area (Å²) in [6.45, 7) is 8.25. The molecule has 1 atom stereocenters. The summed E-state index contributed by atoms with van der Waals surface area (Å²) < 4.78 is 0.